The molecule has 0 aromatic heterocycles. The second-order valence-corrected chi connectivity index (χ2v) is 6.72. The monoisotopic (exact) mass is 404 g/mol. The van der Waals surface area contributed by atoms with Crippen LogP contribution in [0.3, 0.4) is 0 Å². The number of carbonyl (C=O) groups is 1. The van der Waals surface area contributed by atoms with Gasteiger partial charge in [0.05, 0.1) is 6.42 Å². The number of para-hydroxylation sites is 2. The third kappa shape index (κ3) is 9.37. The first-order valence-corrected chi connectivity index (χ1v) is 9.39. The molecule has 7 nitrogen and oxygen atoms in total. The van der Waals surface area contributed by atoms with Crippen molar-refractivity contribution < 1.29 is 33.1 Å². The number of rotatable bonds is 3. The fourth-order valence-corrected chi connectivity index (χ4v) is 2.46. The lowest BCUT2D eigenvalue weighted by Crippen LogP contribution is -1.98. The van der Waals surface area contributed by atoms with E-state index in [0.717, 1.165) is 11.6 Å². The zero-order valence-corrected chi connectivity index (χ0v) is 15.5. The van der Waals surface area contributed by atoms with E-state index in [1.165, 1.54) is 18.2 Å². The highest BCUT2D eigenvalue weighted by atomic mass is 32.2. The molecule has 3 aromatic carbocycles. The summed E-state index contributed by atoms with van der Waals surface area (Å²) >= 11 is 0. The van der Waals surface area contributed by atoms with Crippen LogP contribution in [-0.4, -0.2) is 34.3 Å². The minimum atomic E-state index is -4.28. The lowest BCUT2D eigenvalue weighted by atomic mass is 10.2. The van der Waals surface area contributed by atoms with Crippen molar-refractivity contribution in [3.63, 3.8) is 0 Å². The number of phenolic OH excluding ortho intramolecular Hbond substituents is 2. The number of carboxylic acids is 1. The van der Waals surface area contributed by atoms with E-state index >= 15 is 0 Å². The van der Waals surface area contributed by atoms with Gasteiger partial charge in [0.2, 0.25) is 0 Å². The second-order valence-electron chi connectivity index (χ2n) is 5.33. The normalized spacial score (nSPS) is 9.89. The zero-order valence-electron chi connectivity index (χ0n) is 14.7. The number of aliphatic carboxylic acids is 1. The van der Waals surface area contributed by atoms with E-state index < -0.39 is 26.7 Å². The van der Waals surface area contributed by atoms with Crippen LogP contribution in [0, 0.1) is 0 Å². The molecule has 0 radical (unpaired) electrons. The number of phenols is 2. The van der Waals surface area contributed by atoms with Crippen LogP contribution in [0.2, 0.25) is 0 Å². The first-order chi connectivity index (χ1) is 13.2. The van der Waals surface area contributed by atoms with Gasteiger partial charge in [0.1, 0.15) is 16.4 Å². The molecule has 28 heavy (non-hydrogen) atoms. The Balaban J connectivity index is 0.000000215. The largest absolute Gasteiger partial charge is 0.508 e. The van der Waals surface area contributed by atoms with Crippen molar-refractivity contribution in [2.24, 2.45) is 0 Å². The first-order valence-electron chi connectivity index (χ1n) is 7.95. The summed E-state index contributed by atoms with van der Waals surface area (Å²) in [5.74, 6) is -0.913. The Morgan fingerprint density at radius 3 is 1.57 bits per heavy atom. The van der Waals surface area contributed by atoms with Gasteiger partial charge in [-0.2, -0.15) is 8.42 Å². The number of carboxylic acid groups (broad SMARTS) is 1. The first kappa shape index (κ1) is 22.7. The molecule has 0 fully saturated rings. The molecule has 0 heterocycles. The van der Waals surface area contributed by atoms with Gasteiger partial charge in [0.15, 0.2) is 0 Å². The average molecular weight is 404 g/mol. The van der Waals surface area contributed by atoms with Crippen molar-refractivity contribution in [3.8, 4) is 11.5 Å². The van der Waals surface area contributed by atoms with E-state index in [1.54, 1.807) is 36.4 Å². The summed E-state index contributed by atoms with van der Waals surface area (Å²) in [5.41, 5.74) is 0.843. The van der Waals surface area contributed by atoms with Crippen LogP contribution in [0.5, 0.6) is 11.5 Å². The van der Waals surface area contributed by atoms with Gasteiger partial charge in [-0.05, 0) is 29.8 Å². The number of aromatic hydroxyl groups is 2. The molecular formula is C20H20O7S. The average Bonchev–Trinajstić information content (AvgIpc) is 2.63. The van der Waals surface area contributed by atoms with Crippen molar-refractivity contribution in [2.75, 3.05) is 0 Å². The molecule has 0 atom stereocenters. The van der Waals surface area contributed by atoms with E-state index in [4.69, 9.17) is 19.9 Å². The smallest absolute Gasteiger partial charge is 0.307 e. The molecule has 0 aliphatic heterocycles. The maximum Gasteiger partial charge on any atom is 0.307 e. The fourth-order valence-electron chi connectivity index (χ4n) is 1.87. The Morgan fingerprint density at radius 1 is 0.750 bits per heavy atom. The zero-order chi connectivity index (χ0) is 21.0. The lowest BCUT2D eigenvalue weighted by Gasteiger charge is -1.97. The molecule has 3 aromatic rings. The van der Waals surface area contributed by atoms with Gasteiger partial charge in [-0.1, -0.05) is 60.7 Å². The van der Waals surface area contributed by atoms with E-state index in [-0.39, 0.29) is 6.42 Å². The molecule has 0 spiro atoms. The summed E-state index contributed by atoms with van der Waals surface area (Å²) in [7, 11) is -4.28. The van der Waals surface area contributed by atoms with Gasteiger partial charge in [0.25, 0.3) is 10.1 Å². The van der Waals surface area contributed by atoms with Crippen LogP contribution in [-0.2, 0) is 21.3 Å². The van der Waals surface area contributed by atoms with Gasteiger partial charge in [-0.25, -0.2) is 0 Å². The van der Waals surface area contributed by atoms with Crippen molar-refractivity contribution in [1.82, 2.24) is 0 Å². The topological polar surface area (TPSA) is 132 Å². The Morgan fingerprint density at radius 2 is 1.21 bits per heavy atom. The predicted molar refractivity (Wildman–Crippen MR) is 104 cm³/mol. The van der Waals surface area contributed by atoms with Gasteiger partial charge in [-0.15, -0.1) is 0 Å². The molecule has 0 saturated carbocycles. The van der Waals surface area contributed by atoms with Crippen molar-refractivity contribution in [3.05, 3.63) is 90.5 Å². The second kappa shape index (κ2) is 11.4. The van der Waals surface area contributed by atoms with Crippen LogP contribution in [0.4, 0.5) is 0 Å². The van der Waals surface area contributed by atoms with E-state index in [0.29, 0.717) is 5.75 Å². The minimum absolute atomic E-state index is 0.112. The molecule has 0 aliphatic carbocycles. The van der Waals surface area contributed by atoms with Crippen molar-refractivity contribution >= 4 is 16.1 Å². The van der Waals surface area contributed by atoms with Gasteiger partial charge in [0, 0.05) is 0 Å². The molecule has 0 amide bonds. The quantitative estimate of drug-likeness (QED) is 0.492. The van der Waals surface area contributed by atoms with Crippen LogP contribution >= 0.6 is 0 Å². The summed E-state index contributed by atoms with van der Waals surface area (Å²) < 4.78 is 29.4. The highest BCUT2D eigenvalue weighted by molar-refractivity contribution is 7.86. The fraction of sp³-hybridized carbons (Fsp3) is 0.0500. The van der Waals surface area contributed by atoms with Gasteiger partial charge in [-0.3, -0.25) is 9.35 Å². The Labute approximate surface area is 162 Å². The van der Waals surface area contributed by atoms with Gasteiger partial charge >= 0.3 is 5.97 Å². The SMILES string of the molecule is O=C(O)Cc1ccccc1.O=S(=O)(O)c1ccccc1O.Oc1ccccc1. The van der Waals surface area contributed by atoms with E-state index in [2.05, 4.69) is 0 Å². The Hall–Kier alpha value is -3.36. The number of hydrogen-bond acceptors (Lipinski definition) is 5. The lowest BCUT2D eigenvalue weighted by molar-refractivity contribution is -0.136. The summed E-state index contributed by atoms with van der Waals surface area (Å²) in [5, 5.41) is 25.9. The van der Waals surface area contributed by atoms with Crippen LogP contribution < -0.4 is 0 Å². The van der Waals surface area contributed by atoms with E-state index in [1.807, 2.05) is 24.3 Å². The molecule has 0 bridgehead atoms. The molecule has 4 N–H and O–H groups in total. The van der Waals surface area contributed by atoms with Crippen molar-refractivity contribution in [2.45, 2.75) is 11.3 Å². The summed E-state index contributed by atoms with van der Waals surface area (Å²) in [6, 6.07) is 23.0. The van der Waals surface area contributed by atoms with E-state index in [9.17, 15) is 13.2 Å². The maximum atomic E-state index is 10.4. The predicted octanol–water partition coefficient (Wildman–Crippen LogP) is 3.34. The van der Waals surface area contributed by atoms with Crippen LogP contribution in [0.15, 0.2) is 89.8 Å². The molecular weight excluding hydrogens is 384 g/mol. The summed E-state index contributed by atoms with van der Waals surface area (Å²) in [4.78, 5) is 9.70. The Bertz CT molecular complexity index is 956. The van der Waals surface area contributed by atoms with Gasteiger partial charge < -0.3 is 15.3 Å². The third-order valence-electron chi connectivity index (χ3n) is 3.10. The highest BCUT2D eigenvalue weighted by Gasteiger charge is 2.12. The number of hydrogen-bond donors (Lipinski definition) is 4. The number of benzene rings is 3. The third-order valence-corrected chi connectivity index (χ3v) is 4.00. The molecule has 8 heteroatoms. The Kier molecular flexibility index (Phi) is 9.21. The maximum absolute atomic E-state index is 10.4. The standard InChI is InChI=1S/C8H8O2.C6H6O4S.C6H6O/c9-8(10)6-7-4-2-1-3-5-7;7-5-3-1-2-4-6(5)11(8,9)10;7-6-4-2-1-3-5-6/h1-5H,6H2,(H,9,10);1-4,7H,(H,8,9,10);1-5,7H. The molecule has 148 valence electrons. The summed E-state index contributed by atoms with van der Waals surface area (Å²) in [6.45, 7) is 0. The summed E-state index contributed by atoms with van der Waals surface area (Å²) in [6.07, 6.45) is 0.112. The molecule has 0 saturated heterocycles. The molecule has 3 rings (SSSR count). The van der Waals surface area contributed by atoms with Crippen LogP contribution in [0.1, 0.15) is 5.56 Å². The van der Waals surface area contributed by atoms with Crippen LogP contribution in [0.25, 0.3) is 0 Å². The molecule has 0 unspecified atom stereocenters. The highest BCUT2D eigenvalue weighted by Crippen LogP contribution is 2.20. The molecule has 0 aliphatic rings. The minimum Gasteiger partial charge on any atom is -0.508 e. The van der Waals surface area contributed by atoms with Crippen molar-refractivity contribution in [1.29, 1.82) is 0 Å².